The Morgan fingerprint density at radius 1 is 0.577 bits per heavy atom. The summed E-state index contributed by atoms with van der Waals surface area (Å²) >= 11 is 0. The van der Waals surface area contributed by atoms with Crippen LogP contribution in [0.4, 0.5) is 0 Å². The SMILES string of the molecule is CN=C(NC)N(C)C.CN=C(NC)N(C)C.CN=C(NC)N(C)C.O=[P]. The summed E-state index contributed by atoms with van der Waals surface area (Å²) in [6.07, 6.45) is 0. The normalized spacial score (nSPS) is 10.5. The summed E-state index contributed by atoms with van der Waals surface area (Å²) in [5, 5.41) is 8.78. The van der Waals surface area contributed by atoms with Gasteiger partial charge in [-0.2, -0.15) is 0 Å². The van der Waals surface area contributed by atoms with Crippen LogP contribution in [0.3, 0.4) is 0 Å². The van der Waals surface area contributed by atoms with Gasteiger partial charge in [0.25, 0.3) is 9.12 Å². The summed E-state index contributed by atoms with van der Waals surface area (Å²) in [4.78, 5) is 17.6. The molecule has 0 aliphatic heterocycles. The second kappa shape index (κ2) is 22.9. The molecule has 155 valence electrons. The van der Waals surface area contributed by atoms with Crippen LogP contribution in [0.25, 0.3) is 0 Å². The van der Waals surface area contributed by atoms with Gasteiger partial charge in [0, 0.05) is 84.6 Å². The molecule has 0 aromatic heterocycles. The first kappa shape index (κ1) is 31.7. The molecule has 0 spiro atoms. The molecule has 0 fully saturated rings. The molecule has 0 unspecified atom stereocenters. The minimum absolute atomic E-state index is 0.894. The van der Waals surface area contributed by atoms with Gasteiger partial charge in [-0.05, 0) is 0 Å². The molecule has 11 heteroatoms. The van der Waals surface area contributed by atoms with Gasteiger partial charge in [-0.1, -0.05) is 0 Å². The van der Waals surface area contributed by atoms with Crippen LogP contribution in [-0.2, 0) is 4.57 Å². The predicted octanol–water partition coefficient (Wildman–Crippen LogP) is 0.00200. The van der Waals surface area contributed by atoms with Crippen molar-refractivity contribution < 1.29 is 4.57 Å². The van der Waals surface area contributed by atoms with Crippen molar-refractivity contribution in [3.63, 3.8) is 0 Å². The van der Waals surface area contributed by atoms with E-state index in [-0.39, 0.29) is 0 Å². The third-order valence-corrected chi connectivity index (χ3v) is 2.58. The smallest absolute Gasteiger partial charge is 0.261 e. The molecule has 0 atom stereocenters. The van der Waals surface area contributed by atoms with Gasteiger partial charge in [0.2, 0.25) is 0 Å². The molecule has 0 amide bonds. The van der Waals surface area contributed by atoms with Crippen LogP contribution in [-0.4, -0.2) is 117 Å². The molecule has 3 N–H and O–H groups in total. The molecule has 0 aliphatic carbocycles. The highest BCUT2D eigenvalue weighted by Gasteiger charge is 1.92. The minimum atomic E-state index is 0.894. The van der Waals surface area contributed by atoms with E-state index in [1.807, 2.05) is 78.1 Å². The molecule has 0 aromatic rings. The van der Waals surface area contributed by atoms with Crippen molar-refractivity contribution >= 4 is 27.0 Å². The molecule has 1 radical (unpaired) electrons. The van der Waals surface area contributed by atoms with E-state index in [1.54, 1.807) is 21.1 Å². The van der Waals surface area contributed by atoms with Crippen LogP contribution < -0.4 is 16.0 Å². The van der Waals surface area contributed by atoms with Crippen molar-refractivity contribution in [2.45, 2.75) is 0 Å². The Bertz CT molecular complexity index is 340. The number of hydrogen-bond acceptors (Lipinski definition) is 4. The summed E-state index contributed by atoms with van der Waals surface area (Å²) in [5.41, 5.74) is 0. The Balaban J connectivity index is -0.000000133. The molecule has 0 bridgehead atoms. The van der Waals surface area contributed by atoms with E-state index in [9.17, 15) is 0 Å². The third-order valence-electron chi connectivity index (χ3n) is 2.58. The highest BCUT2D eigenvalue weighted by Crippen LogP contribution is 1.74. The molecular weight excluding hydrogens is 353 g/mol. The number of hydrogen-bond donors (Lipinski definition) is 3. The summed E-state index contributed by atoms with van der Waals surface area (Å²) in [6.45, 7) is 0. The molecule has 26 heavy (non-hydrogen) atoms. The van der Waals surface area contributed by atoms with Crippen molar-refractivity contribution in [1.82, 2.24) is 30.7 Å². The van der Waals surface area contributed by atoms with E-state index >= 15 is 0 Å². The fraction of sp³-hybridized carbons (Fsp3) is 0.800. The van der Waals surface area contributed by atoms with E-state index in [1.165, 1.54) is 0 Å². The lowest BCUT2D eigenvalue weighted by Gasteiger charge is -2.12. The zero-order valence-corrected chi connectivity index (χ0v) is 19.4. The van der Waals surface area contributed by atoms with Crippen LogP contribution in [0.15, 0.2) is 15.0 Å². The lowest BCUT2D eigenvalue weighted by molar-refractivity contribution is 0.596. The van der Waals surface area contributed by atoms with E-state index in [0.29, 0.717) is 0 Å². The van der Waals surface area contributed by atoms with Gasteiger partial charge < -0.3 is 30.7 Å². The fourth-order valence-corrected chi connectivity index (χ4v) is 1.61. The number of guanidine groups is 3. The molecular formula is C15H39N9OP. The Labute approximate surface area is 162 Å². The predicted molar refractivity (Wildman–Crippen MR) is 116 cm³/mol. The molecule has 10 nitrogen and oxygen atoms in total. The Morgan fingerprint density at radius 2 is 0.731 bits per heavy atom. The number of aliphatic imine (C=N–C) groups is 3. The summed E-state index contributed by atoms with van der Waals surface area (Å²) < 4.78 is 7.94. The van der Waals surface area contributed by atoms with Gasteiger partial charge in [0.05, 0.1) is 0 Å². The second-order valence-corrected chi connectivity index (χ2v) is 5.07. The van der Waals surface area contributed by atoms with E-state index in [2.05, 4.69) is 40.0 Å². The van der Waals surface area contributed by atoms with Crippen LogP contribution in [0.5, 0.6) is 0 Å². The Morgan fingerprint density at radius 3 is 0.731 bits per heavy atom. The van der Waals surface area contributed by atoms with Crippen molar-refractivity contribution in [2.75, 3.05) is 84.6 Å². The molecule has 0 saturated carbocycles. The van der Waals surface area contributed by atoms with Crippen molar-refractivity contribution in [1.29, 1.82) is 0 Å². The van der Waals surface area contributed by atoms with Gasteiger partial charge >= 0.3 is 0 Å². The molecule has 0 aromatic carbocycles. The maximum Gasteiger partial charge on any atom is 0.261 e. The molecule has 0 aliphatic rings. The largest absolute Gasteiger partial charge is 0.359 e. The van der Waals surface area contributed by atoms with Gasteiger partial charge in [0.1, 0.15) is 0 Å². The van der Waals surface area contributed by atoms with Gasteiger partial charge in [-0.25, -0.2) is 0 Å². The molecule has 0 saturated heterocycles. The van der Waals surface area contributed by atoms with Crippen molar-refractivity contribution in [3.8, 4) is 0 Å². The summed E-state index contributed by atoms with van der Waals surface area (Å²) in [6, 6.07) is 0. The van der Waals surface area contributed by atoms with Gasteiger partial charge in [-0.3, -0.25) is 19.5 Å². The lowest BCUT2D eigenvalue weighted by Crippen LogP contribution is -2.33. The number of rotatable bonds is 0. The molecule has 0 rings (SSSR count). The van der Waals surface area contributed by atoms with E-state index < -0.39 is 0 Å². The maximum atomic E-state index is 7.94. The van der Waals surface area contributed by atoms with Gasteiger partial charge in [0.15, 0.2) is 17.9 Å². The van der Waals surface area contributed by atoms with E-state index in [4.69, 9.17) is 4.57 Å². The first-order valence-corrected chi connectivity index (χ1v) is 8.16. The van der Waals surface area contributed by atoms with Crippen LogP contribution in [0.2, 0.25) is 0 Å². The average Bonchev–Trinajstić information content (AvgIpc) is 2.60. The maximum absolute atomic E-state index is 7.94. The van der Waals surface area contributed by atoms with Crippen LogP contribution in [0.1, 0.15) is 0 Å². The van der Waals surface area contributed by atoms with Crippen LogP contribution in [0, 0.1) is 0 Å². The van der Waals surface area contributed by atoms with E-state index in [0.717, 1.165) is 17.9 Å². The minimum Gasteiger partial charge on any atom is -0.359 e. The third kappa shape index (κ3) is 20.0. The number of nitrogens with zero attached hydrogens (tertiary/aromatic N) is 6. The fourth-order valence-electron chi connectivity index (χ4n) is 1.61. The Kier molecular flexibility index (Phi) is 27.9. The quantitative estimate of drug-likeness (QED) is 0.303. The topological polar surface area (TPSA) is 100.0 Å². The summed E-state index contributed by atoms with van der Waals surface area (Å²) in [7, 11) is 24.8. The first-order chi connectivity index (χ1) is 12.2. The van der Waals surface area contributed by atoms with Gasteiger partial charge in [-0.15, -0.1) is 0 Å². The highest BCUT2D eigenvalue weighted by atomic mass is 31.0. The lowest BCUT2D eigenvalue weighted by atomic mass is 10.8. The molecule has 0 heterocycles. The zero-order chi connectivity index (χ0) is 21.7. The average molecular weight is 393 g/mol. The second-order valence-electron chi connectivity index (χ2n) is 5.07. The summed E-state index contributed by atoms with van der Waals surface area (Å²) in [5.74, 6) is 2.68. The zero-order valence-electron chi connectivity index (χ0n) is 18.5. The van der Waals surface area contributed by atoms with Crippen LogP contribution >= 0.6 is 9.12 Å². The Hall–Kier alpha value is -2.09. The van der Waals surface area contributed by atoms with Crippen molar-refractivity contribution in [3.05, 3.63) is 0 Å². The highest BCUT2D eigenvalue weighted by molar-refractivity contribution is 7.00. The monoisotopic (exact) mass is 392 g/mol. The standard InChI is InChI=1S/3C5H13N3.OP/c3*1-6-5(7-2)8(3)4;1-2/h3*1-4H3,(H,6,7);. The number of nitrogens with one attached hydrogen (secondary N) is 3. The first-order valence-electron chi connectivity index (χ1n) is 7.80. The van der Waals surface area contributed by atoms with Crippen molar-refractivity contribution in [2.24, 2.45) is 15.0 Å².